The summed E-state index contributed by atoms with van der Waals surface area (Å²) in [6, 6.07) is 6.46. The van der Waals surface area contributed by atoms with E-state index in [1.165, 1.54) is 5.69 Å². The molecule has 4 heteroatoms. The van der Waals surface area contributed by atoms with E-state index in [1.54, 1.807) is 0 Å². The first kappa shape index (κ1) is 13.2. The Hall–Kier alpha value is -0.250. The second kappa shape index (κ2) is 6.07. The predicted octanol–water partition coefficient (Wildman–Crippen LogP) is 3.33. The highest BCUT2D eigenvalue weighted by molar-refractivity contribution is 9.10. The lowest BCUT2D eigenvalue weighted by Crippen LogP contribution is -2.46. The van der Waals surface area contributed by atoms with E-state index in [2.05, 4.69) is 50.9 Å². The highest BCUT2D eigenvalue weighted by Crippen LogP contribution is 2.26. The number of rotatable bonds is 3. The number of anilines is 1. The molecular weight excluding hydrogens is 300 g/mol. The van der Waals surface area contributed by atoms with Gasteiger partial charge in [-0.05, 0) is 24.2 Å². The van der Waals surface area contributed by atoms with Crippen LogP contribution in [0.4, 0.5) is 5.69 Å². The van der Waals surface area contributed by atoms with Crippen LogP contribution in [0.25, 0.3) is 0 Å². The zero-order chi connectivity index (χ0) is 12.3. The molecule has 0 spiro atoms. The summed E-state index contributed by atoms with van der Waals surface area (Å²) in [5.74, 6) is 0.560. The highest BCUT2D eigenvalue weighted by atomic mass is 79.9. The van der Waals surface area contributed by atoms with Crippen molar-refractivity contribution in [3.63, 3.8) is 0 Å². The summed E-state index contributed by atoms with van der Waals surface area (Å²) >= 11 is 9.44. The fraction of sp³-hybridized carbons (Fsp3) is 0.538. The lowest BCUT2D eigenvalue weighted by atomic mass is 10.2. The monoisotopic (exact) mass is 316 g/mol. The number of alkyl halides is 1. The quantitative estimate of drug-likeness (QED) is 0.789. The van der Waals surface area contributed by atoms with Gasteiger partial charge in [0.1, 0.15) is 0 Å². The Balaban J connectivity index is 2.06. The van der Waals surface area contributed by atoms with E-state index in [1.807, 2.05) is 0 Å². The predicted molar refractivity (Wildman–Crippen MR) is 78.0 cm³/mol. The highest BCUT2D eigenvalue weighted by Gasteiger charge is 2.16. The van der Waals surface area contributed by atoms with Gasteiger partial charge in [-0.1, -0.05) is 28.9 Å². The van der Waals surface area contributed by atoms with Crippen molar-refractivity contribution in [1.82, 2.24) is 4.90 Å². The Kier molecular flexibility index (Phi) is 4.71. The van der Waals surface area contributed by atoms with Crippen molar-refractivity contribution in [2.24, 2.45) is 0 Å². The van der Waals surface area contributed by atoms with Crippen LogP contribution >= 0.6 is 27.5 Å². The second-order valence-electron chi connectivity index (χ2n) is 4.33. The maximum absolute atomic E-state index is 5.86. The van der Waals surface area contributed by atoms with Crippen molar-refractivity contribution < 1.29 is 0 Å². The molecule has 1 aliphatic heterocycles. The van der Waals surface area contributed by atoms with E-state index >= 15 is 0 Å². The second-order valence-corrected chi connectivity index (χ2v) is 5.45. The molecule has 1 heterocycles. The fourth-order valence-corrected chi connectivity index (χ4v) is 3.06. The third-order valence-corrected chi connectivity index (χ3v) is 4.39. The zero-order valence-electron chi connectivity index (χ0n) is 10.1. The maximum Gasteiger partial charge on any atom is 0.0485 e. The smallest absolute Gasteiger partial charge is 0.0485 e. The number of nitrogens with zero attached hydrogens (tertiary/aromatic N) is 2. The Morgan fingerprint density at radius 3 is 2.47 bits per heavy atom. The number of halogens is 2. The van der Waals surface area contributed by atoms with Gasteiger partial charge in [0.05, 0.1) is 0 Å². The van der Waals surface area contributed by atoms with Crippen LogP contribution in [0.5, 0.6) is 0 Å². The van der Waals surface area contributed by atoms with Gasteiger partial charge < -0.3 is 9.80 Å². The van der Waals surface area contributed by atoms with Crippen molar-refractivity contribution in [3.05, 3.63) is 28.2 Å². The lowest BCUT2D eigenvalue weighted by molar-refractivity contribution is 0.271. The molecule has 1 fully saturated rings. The van der Waals surface area contributed by atoms with Gasteiger partial charge in [0, 0.05) is 42.2 Å². The minimum Gasteiger partial charge on any atom is -0.369 e. The third kappa shape index (κ3) is 3.15. The summed E-state index contributed by atoms with van der Waals surface area (Å²) in [5, 5.41) is 0. The Labute approximate surface area is 117 Å². The molecule has 17 heavy (non-hydrogen) atoms. The topological polar surface area (TPSA) is 6.48 Å². The van der Waals surface area contributed by atoms with Crippen LogP contribution in [0.2, 0.25) is 0 Å². The number of hydrogen-bond acceptors (Lipinski definition) is 2. The van der Waals surface area contributed by atoms with Crippen molar-refractivity contribution >= 4 is 33.2 Å². The lowest BCUT2D eigenvalue weighted by Gasteiger charge is -2.35. The zero-order valence-corrected chi connectivity index (χ0v) is 12.5. The average molecular weight is 318 g/mol. The molecule has 1 aromatic rings. The largest absolute Gasteiger partial charge is 0.369 e. The molecule has 0 N–H and O–H groups in total. The summed E-state index contributed by atoms with van der Waals surface area (Å²) in [6.45, 7) is 7.92. The molecule has 0 aliphatic carbocycles. The molecule has 1 saturated heterocycles. The van der Waals surface area contributed by atoms with Gasteiger partial charge in [0.25, 0.3) is 0 Å². The van der Waals surface area contributed by atoms with E-state index in [9.17, 15) is 0 Å². The molecule has 2 rings (SSSR count). The average Bonchev–Trinajstić information content (AvgIpc) is 2.39. The summed E-state index contributed by atoms with van der Waals surface area (Å²) in [5.41, 5.74) is 2.45. The van der Waals surface area contributed by atoms with Gasteiger partial charge in [0.15, 0.2) is 0 Å². The number of benzene rings is 1. The van der Waals surface area contributed by atoms with Gasteiger partial charge >= 0.3 is 0 Å². The minimum absolute atomic E-state index is 0.560. The molecule has 94 valence electrons. The molecule has 0 bridgehead atoms. The standard InChI is InChI=1S/C13H18BrClN2/c1-2-16-5-7-17(8-6-16)12-4-3-11(10-15)13(14)9-12/h3-4,9H,2,5-8,10H2,1H3. The first-order chi connectivity index (χ1) is 8.24. The first-order valence-electron chi connectivity index (χ1n) is 6.06. The summed E-state index contributed by atoms with van der Waals surface area (Å²) in [7, 11) is 0. The molecule has 2 nitrogen and oxygen atoms in total. The van der Waals surface area contributed by atoms with Crippen LogP contribution in [0.15, 0.2) is 22.7 Å². The van der Waals surface area contributed by atoms with Crippen LogP contribution in [0.1, 0.15) is 12.5 Å². The van der Waals surface area contributed by atoms with E-state index in [0.29, 0.717) is 5.88 Å². The van der Waals surface area contributed by atoms with Gasteiger partial charge in [-0.25, -0.2) is 0 Å². The third-order valence-electron chi connectivity index (χ3n) is 3.37. The van der Waals surface area contributed by atoms with E-state index in [0.717, 1.165) is 42.8 Å². The summed E-state index contributed by atoms with van der Waals surface area (Å²) in [6.07, 6.45) is 0. The molecular formula is C13H18BrClN2. The van der Waals surface area contributed by atoms with Crippen molar-refractivity contribution in [2.45, 2.75) is 12.8 Å². The molecule has 0 radical (unpaired) electrons. The fourth-order valence-electron chi connectivity index (χ4n) is 2.16. The van der Waals surface area contributed by atoms with Gasteiger partial charge in [-0.3, -0.25) is 0 Å². The van der Waals surface area contributed by atoms with Crippen molar-refractivity contribution in [3.8, 4) is 0 Å². The van der Waals surface area contributed by atoms with Crippen LogP contribution in [0.3, 0.4) is 0 Å². The molecule has 0 unspecified atom stereocenters. The molecule has 1 aliphatic rings. The Morgan fingerprint density at radius 1 is 1.24 bits per heavy atom. The number of likely N-dealkylation sites (N-methyl/N-ethyl adjacent to an activating group) is 1. The van der Waals surface area contributed by atoms with Gasteiger partial charge in [-0.2, -0.15) is 0 Å². The van der Waals surface area contributed by atoms with Gasteiger partial charge in [-0.15, -0.1) is 11.6 Å². The molecule has 0 atom stereocenters. The van der Waals surface area contributed by atoms with Crippen LogP contribution < -0.4 is 4.90 Å². The minimum atomic E-state index is 0.560. The molecule has 0 aromatic heterocycles. The van der Waals surface area contributed by atoms with Crippen molar-refractivity contribution in [2.75, 3.05) is 37.6 Å². The summed E-state index contributed by atoms with van der Waals surface area (Å²) in [4.78, 5) is 4.92. The van der Waals surface area contributed by atoms with Crippen LogP contribution in [-0.2, 0) is 5.88 Å². The van der Waals surface area contributed by atoms with Crippen molar-refractivity contribution in [1.29, 1.82) is 0 Å². The molecule has 0 amide bonds. The maximum atomic E-state index is 5.86. The van der Waals surface area contributed by atoms with Gasteiger partial charge in [0.2, 0.25) is 0 Å². The number of piperazine rings is 1. The Bertz CT molecular complexity index is 376. The Morgan fingerprint density at radius 2 is 1.94 bits per heavy atom. The number of hydrogen-bond donors (Lipinski definition) is 0. The normalized spacial score (nSPS) is 17.5. The van der Waals surface area contributed by atoms with E-state index < -0.39 is 0 Å². The van der Waals surface area contributed by atoms with Crippen LogP contribution in [0, 0.1) is 0 Å². The molecule has 0 saturated carbocycles. The van der Waals surface area contributed by atoms with Crippen LogP contribution in [-0.4, -0.2) is 37.6 Å². The summed E-state index contributed by atoms with van der Waals surface area (Å²) < 4.78 is 1.11. The first-order valence-corrected chi connectivity index (χ1v) is 7.39. The van der Waals surface area contributed by atoms with E-state index in [4.69, 9.17) is 11.6 Å². The SMILES string of the molecule is CCN1CCN(c2ccc(CCl)c(Br)c2)CC1. The van der Waals surface area contributed by atoms with E-state index in [-0.39, 0.29) is 0 Å². The molecule has 1 aromatic carbocycles.